The van der Waals surface area contributed by atoms with Gasteiger partial charge >= 0.3 is 5.97 Å². The zero-order valence-electron chi connectivity index (χ0n) is 15.6. The van der Waals surface area contributed by atoms with E-state index in [9.17, 15) is 19.1 Å². The molecule has 29 heavy (non-hydrogen) atoms. The second kappa shape index (κ2) is 9.31. The van der Waals surface area contributed by atoms with Crippen LogP contribution in [0.15, 0.2) is 17.0 Å². The molecule has 1 saturated carbocycles. The summed E-state index contributed by atoms with van der Waals surface area (Å²) in [5.41, 5.74) is 5.31. The zero-order valence-corrected chi connectivity index (χ0v) is 17.3. The molecule has 0 unspecified atom stereocenters. The van der Waals surface area contributed by atoms with E-state index in [1.54, 1.807) is 24.8 Å². The Kier molecular flexibility index (Phi) is 6.80. The standard InChI is InChI=1S/C16H17FO2S2.C2H3N5O/c1-9-7-11-13(8-12(9)17)21-15(16(18)19)14(11)20-10-5-3-2-4-6-10;3-1(8)2-4-6-7-5-2/h7-8,10H,2-6H2,1H3,(H,18,19);(H2,3,8)(H,4,5,6,7). The normalized spacial score (nSPS) is 14.4. The van der Waals surface area contributed by atoms with E-state index in [4.69, 9.17) is 5.73 Å². The molecule has 1 aromatic carbocycles. The van der Waals surface area contributed by atoms with Gasteiger partial charge < -0.3 is 10.8 Å². The SMILES string of the molecule is Cc1cc2c(SC3CCCCC3)c(C(=O)O)sc2cc1F.NC(=O)c1nn[nH]n1. The maximum atomic E-state index is 13.7. The third-order valence-corrected chi connectivity index (χ3v) is 7.25. The number of benzene rings is 1. The minimum atomic E-state index is -0.910. The maximum Gasteiger partial charge on any atom is 0.347 e. The summed E-state index contributed by atoms with van der Waals surface area (Å²) in [6.45, 7) is 1.72. The lowest BCUT2D eigenvalue weighted by atomic mass is 10.0. The number of hydrogen-bond acceptors (Lipinski definition) is 7. The Bertz CT molecular complexity index is 1020. The van der Waals surface area contributed by atoms with Gasteiger partial charge in [0, 0.05) is 20.2 Å². The van der Waals surface area contributed by atoms with Gasteiger partial charge in [-0.05, 0) is 42.7 Å². The number of aromatic carboxylic acids is 1. The molecule has 3 aromatic rings. The first-order chi connectivity index (χ1) is 13.9. The number of aryl methyl sites for hydroxylation is 1. The van der Waals surface area contributed by atoms with Gasteiger partial charge in [-0.15, -0.1) is 33.3 Å². The molecule has 2 aromatic heterocycles. The second-order valence-electron chi connectivity index (χ2n) is 6.64. The van der Waals surface area contributed by atoms with Crippen molar-refractivity contribution >= 4 is 45.1 Å². The van der Waals surface area contributed by atoms with E-state index in [0.29, 0.717) is 15.7 Å². The summed E-state index contributed by atoms with van der Waals surface area (Å²) in [6.07, 6.45) is 5.99. The summed E-state index contributed by atoms with van der Waals surface area (Å²) in [6, 6.07) is 3.26. The van der Waals surface area contributed by atoms with E-state index < -0.39 is 11.9 Å². The third kappa shape index (κ3) is 5.10. The number of aromatic amines is 1. The second-order valence-corrected chi connectivity index (χ2v) is 9.00. The van der Waals surface area contributed by atoms with E-state index in [0.717, 1.165) is 27.8 Å². The molecule has 2 heterocycles. The number of hydrogen-bond donors (Lipinski definition) is 3. The quantitative estimate of drug-likeness (QED) is 0.565. The molecule has 0 radical (unpaired) electrons. The lowest BCUT2D eigenvalue weighted by Crippen LogP contribution is -2.12. The van der Waals surface area contributed by atoms with Gasteiger partial charge in [0.1, 0.15) is 10.7 Å². The predicted molar refractivity (Wildman–Crippen MR) is 109 cm³/mol. The number of thioether (sulfide) groups is 1. The molecular formula is C18H20FN5O3S2. The predicted octanol–water partition coefficient (Wildman–Crippen LogP) is 3.77. The van der Waals surface area contributed by atoms with Crippen molar-refractivity contribution in [1.29, 1.82) is 0 Å². The van der Waals surface area contributed by atoms with Crippen LogP contribution in [-0.2, 0) is 0 Å². The summed E-state index contributed by atoms with van der Waals surface area (Å²) in [7, 11) is 0. The summed E-state index contributed by atoms with van der Waals surface area (Å²) in [4.78, 5) is 22.8. The smallest absolute Gasteiger partial charge is 0.347 e. The number of nitrogens with two attached hydrogens (primary N) is 1. The number of carbonyl (C=O) groups is 2. The Balaban J connectivity index is 0.000000252. The number of carboxylic acids is 1. The molecule has 0 aliphatic heterocycles. The van der Waals surface area contributed by atoms with Crippen molar-refractivity contribution in [2.45, 2.75) is 49.2 Å². The van der Waals surface area contributed by atoms with Gasteiger partial charge in [-0.25, -0.2) is 9.18 Å². The molecule has 0 saturated heterocycles. The van der Waals surface area contributed by atoms with Crippen molar-refractivity contribution in [1.82, 2.24) is 20.6 Å². The van der Waals surface area contributed by atoms with E-state index in [1.165, 1.54) is 36.7 Å². The van der Waals surface area contributed by atoms with Crippen LogP contribution < -0.4 is 5.73 Å². The lowest BCUT2D eigenvalue weighted by Gasteiger charge is -2.21. The number of aromatic nitrogens is 4. The number of primary amides is 1. The van der Waals surface area contributed by atoms with Gasteiger partial charge in [0.15, 0.2) is 0 Å². The van der Waals surface area contributed by atoms with Crippen LogP contribution in [0, 0.1) is 12.7 Å². The number of fused-ring (bicyclic) bond motifs is 1. The fourth-order valence-corrected chi connectivity index (χ4v) is 5.75. The molecule has 8 nitrogen and oxygen atoms in total. The van der Waals surface area contributed by atoms with Crippen LogP contribution in [0.4, 0.5) is 4.39 Å². The molecule has 4 N–H and O–H groups in total. The van der Waals surface area contributed by atoms with Crippen molar-refractivity contribution in [3.05, 3.63) is 34.2 Å². The highest BCUT2D eigenvalue weighted by atomic mass is 32.2. The van der Waals surface area contributed by atoms with Crippen LogP contribution in [0.2, 0.25) is 0 Å². The molecular weight excluding hydrogens is 417 g/mol. The van der Waals surface area contributed by atoms with E-state index in [2.05, 4.69) is 20.6 Å². The highest BCUT2D eigenvalue weighted by molar-refractivity contribution is 8.00. The molecule has 11 heteroatoms. The Labute approximate surface area is 174 Å². The largest absolute Gasteiger partial charge is 0.477 e. The highest BCUT2D eigenvalue weighted by Crippen LogP contribution is 2.43. The maximum absolute atomic E-state index is 13.7. The van der Waals surface area contributed by atoms with Gasteiger partial charge in [-0.1, -0.05) is 19.3 Å². The number of amides is 1. The molecule has 1 fully saturated rings. The molecule has 0 spiro atoms. The third-order valence-electron chi connectivity index (χ3n) is 4.52. The number of tetrazole rings is 1. The first kappa shape index (κ1) is 21.2. The summed E-state index contributed by atoms with van der Waals surface area (Å²) in [5.74, 6) is -1.95. The molecule has 4 rings (SSSR count). The number of halogens is 1. The Hall–Kier alpha value is -2.53. The number of H-pyrrole nitrogens is 1. The summed E-state index contributed by atoms with van der Waals surface area (Å²) in [5, 5.41) is 22.6. The average Bonchev–Trinajstić information content (AvgIpc) is 3.33. The zero-order chi connectivity index (χ0) is 21.0. The van der Waals surface area contributed by atoms with E-state index in [-0.39, 0.29) is 11.6 Å². The first-order valence-corrected chi connectivity index (χ1v) is 10.7. The van der Waals surface area contributed by atoms with Crippen LogP contribution in [0.1, 0.15) is 58.0 Å². The highest BCUT2D eigenvalue weighted by Gasteiger charge is 2.23. The average molecular weight is 438 g/mol. The van der Waals surface area contributed by atoms with Crippen molar-refractivity contribution in [2.24, 2.45) is 5.73 Å². The minimum Gasteiger partial charge on any atom is -0.477 e. The van der Waals surface area contributed by atoms with Crippen molar-refractivity contribution in [3.63, 3.8) is 0 Å². The summed E-state index contributed by atoms with van der Waals surface area (Å²) < 4.78 is 14.4. The van der Waals surface area contributed by atoms with Crippen molar-refractivity contribution in [3.8, 4) is 0 Å². The molecule has 154 valence electrons. The minimum absolute atomic E-state index is 0.0926. The van der Waals surface area contributed by atoms with Gasteiger partial charge in [-0.2, -0.15) is 5.21 Å². The number of carboxylic acid groups (broad SMARTS) is 1. The van der Waals surface area contributed by atoms with Gasteiger partial charge in [0.25, 0.3) is 11.7 Å². The topological polar surface area (TPSA) is 135 Å². The number of carbonyl (C=O) groups excluding carboxylic acids is 1. The van der Waals surface area contributed by atoms with Crippen LogP contribution in [-0.4, -0.2) is 42.9 Å². The Morgan fingerprint density at radius 2 is 2.03 bits per heavy atom. The van der Waals surface area contributed by atoms with Crippen LogP contribution in [0.5, 0.6) is 0 Å². The molecule has 1 aliphatic rings. The van der Waals surface area contributed by atoms with E-state index in [1.807, 2.05) is 0 Å². The fraction of sp³-hybridized carbons (Fsp3) is 0.389. The first-order valence-electron chi connectivity index (χ1n) is 9.02. The number of rotatable bonds is 4. The summed E-state index contributed by atoms with van der Waals surface area (Å²) >= 11 is 2.86. The lowest BCUT2D eigenvalue weighted by molar-refractivity contribution is 0.0698. The number of nitrogens with one attached hydrogen (secondary N) is 1. The Morgan fingerprint density at radius 3 is 2.59 bits per heavy atom. The fourth-order valence-electron chi connectivity index (χ4n) is 3.08. The molecule has 1 amide bonds. The molecule has 0 bridgehead atoms. The van der Waals surface area contributed by atoms with Crippen LogP contribution >= 0.6 is 23.1 Å². The van der Waals surface area contributed by atoms with Gasteiger partial charge in [-0.3, -0.25) is 4.79 Å². The van der Waals surface area contributed by atoms with Gasteiger partial charge in [0.2, 0.25) is 0 Å². The van der Waals surface area contributed by atoms with Crippen molar-refractivity contribution < 1.29 is 19.1 Å². The molecule has 0 atom stereocenters. The van der Waals surface area contributed by atoms with Crippen LogP contribution in [0.3, 0.4) is 0 Å². The molecule has 1 aliphatic carbocycles. The van der Waals surface area contributed by atoms with Gasteiger partial charge in [0.05, 0.1) is 0 Å². The monoisotopic (exact) mass is 437 g/mol. The number of thiophene rings is 1. The van der Waals surface area contributed by atoms with E-state index >= 15 is 0 Å². The van der Waals surface area contributed by atoms with Crippen molar-refractivity contribution in [2.75, 3.05) is 0 Å². The number of nitrogens with zero attached hydrogens (tertiary/aromatic N) is 3. The Morgan fingerprint density at radius 1 is 1.31 bits per heavy atom. The van der Waals surface area contributed by atoms with Crippen LogP contribution in [0.25, 0.3) is 10.1 Å².